The van der Waals surface area contributed by atoms with Gasteiger partial charge in [0, 0.05) is 23.6 Å². The number of hydrogen-bond acceptors (Lipinski definition) is 3. The van der Waals surface area contributed by atoms with Crippen molar-refractivity contribution in [2.75, 3.05) is 13.1 Å². The molecule has 1 aromatic rings. The lowest BCUT2D eigenvalue weighted by molar-refractivity contribution is 0.316. The van der Waals surface area contributed by atoms with Crippen LogP contribution >= 0.6 is 39.9 Å². The van der Waals surface area contributed by atoms with Crippen LogP contribution in [0.3, 0.4) is 0 Å². The molecule has 0 radical (unpaired) electrons. The molecule has 1 heterocycles. The first-order chi connectivity index (χ1) is 8.41. The second kappa shape index (κ2) is 6.74. The lowest BCUT2D eigenvalue weighted by Crippen LogP contribution is -2.45. The van der Waals surface area contributed by atoms with Crippen LogP contribution in [0.1, 0.15) is 12.8 Å². The Morgan fingerprint density at radius 2 is 2.11 bits per heavy atom. The van der Waals surface area contributed by atoms with E-state index in [4.69, 9.17) is 17.3 Å². The van der Waals surface area contributed by atoms with Crippen molar-refractivity contribution in [1.82, 2.24) is 4.31 Å². The average Bonchev–Trinajstić information content (AvgIpc) is 2.32. The standard InChI is InChI=1S/C11H14BrClN2O2S.ClH/c12-10-6-9(3-4-11(10)13)18(16,17)15-5-1-2-8(14)7-15;/h3-4,6,8H,1-2,5,7,14H2;1H/t8-;/m1./s1. The highest BCUT2D eigenvalue weighted by Crippen LogP contribution is 2.27. The highest BCUT2D eigenvalue weighted by molar-refractivity contribution is 9.10. The van der Waals surface area contributed by atoms with E-state index in [9.17, 15) is 8.42 Å². The van der Waals surface area contributed by atoms with Crippen LogP contribution in [0.5, 0.6) is 0 Å². The van der Waals surface area contributed by atoms with Gasteiger partial charge in [0.1, 0.15) is 0 Å². The normalized spacial score (nSPS) is 20.9. The summed E-state index contributed by atoms with van der Waals surface area (Å²) >= 11 is 9.10. The predicted octanol–water partition coefficient (Wildman–Crippen LogP) is 2.64. The lowest BCUT2D eigenvalue weighted by Gasteiger charge is -2.29. The average molecular weight is 390 g/mol. The van der Waals surface area contributed by atoms with Crippen molar-refractivity contribution in [3.8, 4) is 0 Å². The van der Waals surface area contributed by atoms with E-state index in [2.05, 4.69) is 15.9 Å². The van der Waals surface area contributed by atoms with E-state index in [1.54, 1.807) is 6.07 Å². The summed E-state index contributed by atoms with van der Waals surface area (Å²) in [6.07, 6.45) is 1.67. The number of halogens is 3. The zero-order chi connectivity index (χ0) is 13.3. The number of hydrogen-bond donors (Lipinski definition) is 1. The molecule has 4 nitrogen and oxygen atoms in total. The smallest absolute Gasteiger partial charge is 0.243 e. The van der Waals surface area contributed by atoms with Crippen LogP contribution in [0.4, 0.5) is 0 Å². The van der Waals surface area contributed by atoms with Gasteiger partial charge in [-0.1, -0.05) is 11.6 Å². The molecule has 1 aliphatic rings. The number of nitrogens with two attached hydrogens (primary N) is 1. The molecule has 2 rings (SSSR count). The molecule has 108 valence electrons. The van der Waals surface area contributed by atoms with Gasteiger partial charge in [-0.05, 0) is 47.0 Å². The molecule has 2 N–H and O–H groups in total. The SMILES string of the molecule is Cl.N[C@@H]1CCCN(S(=O)(=O)c2ccc(Cl)c(Br)c2)C1. The molecule has 0 aliphatic carbocycles. The fraction of sp³-hybridized carbons (Fsp3) is 0.455. The number of piperidine rings is 1. The summed E-state index contributed by atoms with van der Waals surface area (Å²) in [7, 11) is -3.47. The summed E-state index contributed by atoms with van der Waals surface area (Å²) in [6, 6.07) is 4.53. The van der Waals surface area contributed by atoms with Crippen molar-refractivity contribution >= 4 is 50.0 Å². The first-order valence-corrected chi connectivity index (χ1v) is 8.23. The van der Waals surface area contributed by atoms with Crippen LogP contribution < -0.4 is 5.73 Å². The van der Waals surface area contributed by atoms with E-state index < -0.39 is 10.0 Å². The van der Waals surface area contributed by atoms with Gasteiger partial charge < -0.3 is 5.73 Å². The Balaban J connectivity index is 0.00000180. The van der Waals surface area contributed by atoms with E-state index in [0.29, 0.717) is 22.6 Å². The van der Waals surface area contributed by atoms with Crippen LogP contribution in [-0.4, -0.2) is 31.9 Å². The van der Waals surface area contributed by atoms with Gasteiger partial charge in [-0.2, -0.15) is 4.31 Å². The molecule has 0 bridgehead atoms. The highest BCUT2D eigenvalue weighted by Gasteiger charge is 2.29. The molecular formula is C11H15BrCl2N2O2S. The molecule has 0 spiro atoms. The van der Waals surface area contributed by atoms with Crippen molar-refractivity contribution in [2.24, 2.45) is 5.73 Å². The fourth-order valence-corrected chi connectivity index (χ4v) is 4.19. The van der Waals surface area contributed by atoms with Crippen LogP contribution in [0.25, 0.3) is 0 Å². The Labute approximate surface area is 132 Å². The Morgan fingerprint density at radius 1 is 1.42 bits per heavy atom. The largest absolute Gasteiger partial charge is 0.327 e. The van der Waals surface area contributed by atoms with Crippen LogP contribution in [-0.2, 0) is 10.0 Å². The molecule has 1 fully saturated rings. The minimum absolute atomic E-state index is 0. The van der Waals surface area contributed by atoms with Gasteiger partial charge in [0.25, 0.3) is 0 Å². The second-order valence-electron chi connectivity index (χ2n) is 4.34. The Morgan fingerprint density at radius 3 is 2.68 bits per heavy atom. The third-order valence-electron chi connectivity index (χ3n) is 2.95. The molecule has 0 unspecified atom stereocenters. The maximum absolute atomic E-state index is 12.4. The number of sulfonamides is 1. The maximum atomic E-state index is 12.4. The maximum Gasteiger partial charge on any atom is 0.243 e. The van der Waals surface area contributed by atoms with Crippen LogP contribution in [0.2, 0.25) is 5.02 Å². The summed E-state index contributed by atoms with van der Waals surface area (Å²) in [5.41, 5.74) is 5.82. The van der Waals surface area contributed by atoms with Crippen LogP contribution in [0, 0.1) is 0 Å². The van der Waals surface area contributed by atoms with E-state index in [-0.39, 0.29) is 23.3 Å². The van der Waals surface area contributed by atoms with Crippen molar-refractivity contribution < 1.29 is 8.42 Å². The Hall–Kier alpha value is 0.150. The minimum atomic E-state index is -3.47. The molecule has 1 atom stereocenters. The van der Waals surface area contributed by atoms with E-state index >= 15 is 0 Å². The first kappa shape index (κ1) is 17.2. The van der Waals surface area contributed by atoms with Crippen molar-refractivity contribution in [2.45, 2.75) is 23.8 Å². The molecule has 1 aliphatic heterocycles. The van der Waals surface area contributed by atoms with E-state index in [0.717, 1.165) is 12.8 Å². The zero-order valence-corrected chi connectivity index (χ0v) is 14.0. The van der Waals surface area contributed by atoms with Crippen molar-refractivity contribution in [3.05, 3.63) is 27.7 Å². The van der Waals surface area contributed by atoms with Crippen LogP contribution in [0.15, 0.2) is 27.6 Å². The molecule has 0 aromatic heterocycles. The summed E-state index contributed by atoms with van der Waals surface area (Å²) in [5, 5.41) is 0.490. The van der Waals surface area contributed by atoms with Gasteiger partial charge in [-0.3, -0.25) is 0 Å². The molecule has 8 heteroatoms. The predicted molar refractivity (Wildman–Crippen MR) is 82.4 cm³/mol. The minimum Gasteiger partial charge on any atom is -0.327 e. The van der Waals surface area contributed by atoms with Crippen molar-refractivity contribution in [3.63, 3.8) is 0 Å². The van der Waals surface area contributed by atoms with E-state index in [1.165, 1.54) is 16.4 Å². The summed E-state index contributed by atoms with van der Waals surface area (Å²) in [6.45, 7) is 0.902. The molecule has 0 amide bonds. The van der Waals surface area contributed by atoms with Gasteiger partial charge in [0.05, 0.1) is 9.92 Å². The van der Waals surface area contributed by atoms with Gasteiger partial charge >= 0.3 is 0 Å². The Bertz CT molecular complexity index is 554. The molecule has 1 saturated heterocycles. The topological polar surface area (TPSA) is 63.4 Å². The third kappa shape index (κ3) is 3.83. The zero-order valence-electron chi connectivity index (χ0n) is 10.1. The third-order valence-corrected chi connectivity index (χ3v) is 6.02. The molecule has 1 aromatic carbocycles. The molecular weight excluding hydrogens is 375 g/mol. The lowest BCUT2D eigenvalue weighted by atomic mass is 10.1. The van der Waals surface area contributed by atoms with E-state index in [1.807, 2.05) is 0 Å². The summed E-state index contributed by atoms with van der Waals surface area (Å²) in [4.78, 5) is 0.243. The quantitative estimate of drug-likeness (QED) is 0.845. The number of rotatable bonds is 2. The van der Waals surface area contributed by atoms with Gasteiger partial charge in [0.2, 0.25) is 10.0 Å². The Kier molecular flexibility index (Phi) is 6.10. The van der Waals surface area contributed by atoms with Gasteiger partial charge in [-0.15, -0.1) is 12.4 Å². The highest BCUT2D eigenvalue weighted by atomic mass is 79.9. The second-order valence-corrected chi connectivity index (χ2v) is 7.54. The summed E-state index contributed by atoms with van der Waals surface area (Å²) in [5.74, 6) is 0. The monoisotopic (exact) mass is 388 g/mol. The molecule has 0 saturated carbocycles. The van der Waals surface area contributed by atoms with Gasteiger partial charge in [0.15, 0.2) is 0 Å². The summed E-state index contributed by atoms with van der Waals surface area (Å²) < 4.78 is 26.8. The molecule has 19 heavy (non-hydrogen) atoms. The first-order valence-electron chi connectivity index (χ1n) is 5.62. The number of benzene rings is 1. The fourth-order valence-electron chi connectivity index (χ4n) is 1.98. The number of nitrogens with zero attached hydrogens (tertiary/aromatic N) is 1. The van der Waals surface area contributed by atoms with Crippen molar-refractivity contribution in [1.29, 1.82) is 0 Å². The van der Waals surface area contributed by atoms with Gasteiger partial charge in [-0.25, -0.2) is 8.42 Å².